The number of nitrogens with one attached hydrogen (secondary N) is 1. The molecule has 33 heavy (non-hydrogen) atoms. The summed E-state index contributed by atoms with van der Waals surface area (Å²) in [6.45, 7) is 3.37. The molecule has 1 N–H and O–H groups in total. The smallest absolute Gasteiger partial charge is 0.390 e. The summed E-state index contributed by atoms with van der Waals surface area (Å²) in [6, 6.07) is 13.0. The fourth-order valence-electron chi connectivity index (χ4n) is 2.91. The Morgan fingerprint density at radius 3 is 2.52 bits per heavy atom. The van der Waals surface area contributed by atoms with E-state index in [0.717, 1.165) is 5.56 Å². The molecular weight excluding hydrogens is 430 g/mol. The van der Waals surface area contributed by atoms with Crippen molar-refractivity contribution in [3.05, 3.63) is 81.0 Å². The lowest BCUT2D eigenvalue weighted by Crippen LogP contribution is -2.17. The lowest BCUT2D eigenvalue weighted by Gasteiger charge is -2.08. The van der Waals surface area contributed by atoms with Crippen molar-refractivity contribution >= 4 is 23.9 Å². The van der Waals surface area contributed by atoms with Crippen molar-refractivity contribution in [2.75, 3.05) is 7.11 Å². The van der Waals surface area contributed by atoms with Crippen molar-refractivity contribution in [1.29, 1.82) is 0 Å². The lowest BCUT2D eigenvalue weighted by molar-refractivity contribution is -0.389. The summed E-state index contributed by atoms with van der Waals surface area (Å²) in [5.74, 6) is -0.443. The molecule has 0 saturated heterocycles. The highest BCUT2D eigenvalue weighted by atomic mass is 16.6. The normalized spacial score (nSPS) is 10.8. The number of esters is 1. The summed E-state index contributed by atoms with van der Waals surface area (Å²) >= 11 is 0. The van der Waals surface area contributed by atoms with Crippen molar-refractivity contribution in [2.45, 2.75) is 20.4 Å². The largest absolute Gasteiger partial charge is 0.493 e. The molecule has 0 bridgehead atoms. The molecule has 0 spiro atoms. The maximum absolute atomic E-state index is 12.3. The highest BCUT2D eigenvalue weighted by molar-refractivity contribution is 5.95. The van der Waals surface area contributed by atoms with Gasteiger partial charge in [0.25, 0.3) is 5.91 Å². The van der Waals surface area contributed by atoms with Crippen molar-refractivity contribution < 1.29 is 24.0 Å². The van der Waals surface area contributed by atoms with E-state index in [1.54, 1.807) is 49.4 Å². The van der Waals surface area contributed by atoms with Gasteiger partial charge in [-0.25, -0.2) is 5.43 Å². The zero-order chi connectivity index (χ0) is 24.0. The number of aromatic nitrogens is 2. The van der Waals surface area contributed by atoms with Gasteiger partial charge in [0.2, 0.25) is 0 Å². The number of hydrogen-bond donors (Lipinski definition) is 1. The van der Waals surface area contributed by atoms with Crippen LogP contribution < -0.4 is 14.9 Å². The Balaban J connectivity index is 1.61. The number of amides is 1. The van der Waals surface area contributed by atoms with E-state index in [1.807, 2.05) is 0 Å². The van der Waals surface area contributed by atoms with E-state index < -0.39 is 16.8 Å². The van der Waals surface area contributed by atoms with Gasteiger partial charge in [0, 0.05) is 12.5 Å². The number of hydrazone groups is 1. The fraction of sp³-hybridized carbons (Fsp3) is 0.182. The van der Waals surface area contributed by atoms with Crippen LogP contribution in [0.1, 0.15) is 34.1 Å². The van der Waals surface area contributed by atoms with Gasteiger partial charge in [0.15, 0.2) is 11.5 Å². The molecule has 0 aliphatic carbocycles. The Kier molecular flexibility index (Phi) is 7.13. The molecule has 0 aliphatic heterocycles. The summed E-state index contributed by atoms with van der Waals surface area (Å²) in [4.78, 5) is 33.8. The predicted octanol–water partition coefficient (Wildman–Crippen LogP) is 2.85. The highest BCUT2D eigenvalue weighted by Gasteiger charge is 2.15. The second-order valence-electron chi connectivity index (χ2n) is 6.96. The van der Waals surface area contributed by atoms with Crippen LogP contribution in [0.2, 0.25) is 0 Å². The molecule has 0 saturated carbocycles. The summed E-state index contributed by atoms with van der Waals surface area (Å²) < 4.78 is 11.8. The van der Waals surface area contributed by atoms with E-state index in [9.17, 15) is 19.7 Å². The molecule has 170 valence electrons. The molecule has 11 nitrogen and oxygen atoms in total. The van der Waals surface area contributed by atoms with Crippen LogP contribution in [0.15, 0.2) is 53.6 Å². The van der Waals surface area contributed by atoms with Crippen LogP contribution in [0.4, 0.5) is 5.82 Å². The Morgan fingerprint density at radius 1 is 1.18 bits per heavy atom. The monoisotopic (exact) mass is 451 g/mol. The van der Waals surface area contributed by atoms with Crippen LogP contribution in [-0.2, 0) is 11.3 Å². The predicted molar refractivity (Wildman–Crippen MR) is 119 cm³/mol. The number of methoxy groups -OCH3 is 1. The van der Waals surface area contributed by atoms with Gasteiger partial charge >= 0.3 is 11.8 Å². The van der Waals surface area contributed by atoms with Gasteiger partial charge in [-0.15, -0.1) is 0 Å². The van der Waals surface area contributed by atoms with Crippen LogP contribution in [0, 0.1) is 17.0 Å². The zero-order valence-corrected chi connectivity index (χ0v) is 18.1. The second kappa shape index (κ2) is 10.2. The van der Waals surface area contributed by atoms with Gasteiger partial charge in [0.1, 0.15) is 0 Å². The van der Waals surface area contributed by atoms with Crippen molar-refractivity contribution in [2.24, 2.45) is 5.10 Å². The fourth-order valence-corrected chi connectivity index (χ4v) is 2.91. The third-order valence-corrected chi connectivity index (χ3v) is 4.52. The quantitative estimate of drug-likeness (QED) is 0.183. The number of ether oxygens (including phenoxy) is 2. The van der Waals surface area contributed by atoms with Gasteiger partial charge in [0.05, 0.1) is 36.7 Å². The minimum atomic E-state index is -0.540. The van der Waals surface area contributed by atoms with E-state index in [4.69, 9.17) is 9.47 Å². The summed E-state index contributed by atoms with van der Waals surface area (Å²) in [6.07, 6.45) is 1.43. The molecule has 0 atom stereocenters. The number of rotatable bonds is 8. The molecule has 1 heterocycles. The summed E-state index contributed by atoms with van der Waals surface area (Å²) in [5, 5.41) is 18.7. The maximum Gasteiger partial charge on any atom is 0.390 e. The first-order chi connectivity index (χ1) is 15.8. The number of carbonyl (C=O) groups excluding carboxylic acids is 2. The van der Waals surface area contributed by atoms with Crippen LogP contribution in [0.3, 0.4) is 0 Å². The van der Waals surface area contributed by atoms with Crippen molar-refractivity contribution in [3.63, 3.8) is 0 Å². The number of benzene rings is 2. The molecule has 0 fully saturated rings. The lowest BCUT2D eigenvalue weighted by atomic mass is 10.1. The van der Waals surface area contributed by atoms with E-state index in [0.29, 0.717) is 29.1 Å². The first kappa shape index (κ1) is 23.1. The van der Waals surface area contributed by atoms with Gasteiger partial charge in [-0.1, -0.05) is 12.1 Å². The van der Waals surface area contributed by atoms with Crippen LogP contribution >= 0.6 is 0 Å². The van der Waals surface area contributed by atoms with E-state index in [1.165, 1.54) is 31.0 Å². The van der Waals surface area contributed by atoms with Gasteiger partial charge in [-0.05, 0) is 53.3 Å². The van der Waals surface area contributed by atoms with Crippen molar-refractivity contribution in [1.82, 2.24) is 15.2 Å². The molecule has 0 radical (unpaired) electrons. The number of aryl methyl sites for hydroxylation is 1. The second-order valence-corrected chi connectivity index (χ2v) is 6.96. The minimum absolute atomic E-state index is 0.208. The first-order valence-electron chi connectivity index (χ1n) is 9.74. The average molecular weight is 451 g/mol. The number of carbonyl (C=O) groups is 2. The number of nitrogens with zero attached hydrogens (tertiary/aromatic N) is 4. The molecule has 11 heteroatoms. The average Bonchev–Trinajstić information content (AvgIpc) is 3.15. The first-order valence-corrected chi connectivity index (χ1v) is 9.74. The Labute approximate surface area is 188 Å². The standard InChI is InChI=1S/C22H21N5O6/c1-14-10-21(27(30)31)25-26(14)13-16-4-7-18(8-5-16)22(29)24-23-12-17-6-9-19(33-15(2)28)20(11-17)32-3/h4-12H,13H2,1-3H3,(H,24,29)/b23-12-. The maximum atomic E-state index is 12.3. The highest BCUT2D eigenvalue weighted by Crippen LogP contribution is 2.27. The molecule has 3 aromatic rings. The summed E-state index contributed by atoms with van der Waals surface area (Å²) in [5.41, 5.74) is 4.95. The number of hydrogen-bond acceptors (Lipinski definition) is 8. The van der Waals surface area contributed by atoms with Gasteiger partial charge < -0.3 is 19.6 Å². The Hall–Kier alpha value is -4.54. The van der Waals surface area contributed by atoms with Gasteiger partial charge in [-0.3, -0.25) is 9.59 Å². The Morgan fingerprint density at radius 2 is 1.91 bits per heavy atom. The molecule has 2 aromatic carbocycles. The molecular formula is C22H21N5O6. The minimum Gasteiger partial charge on any atom is -0.493 e. The van der Waals surface area contributed by atoms with Crippen LogP contribution in [0.5, 0.6) is 11.5 Å². The van der Waals surface area contributed by atoms with E-state index in [2.05, 4.69) is 15.6 Å². The molecule has 1 amide bonds. The molecule has 0 unspecified atom stereocenters. The zero-order valence-electron chi connectivity index (χ0n) is 18.1. The third-order valence-electron chi connectivity index (χ3n) is 4.52. The summed E-state index contributed by atoms with van der Waals surface area (Å²) in [7, 11) is 1.45. The molecule has 0 aliphatic rings. The molecule has 1 aromatic heterocycles. The SMILES string of the molecule is COc1cc(/C=N\NC(=O)c2ccc(Cn3nc([N+](=O)[O-])cc3C)cc2)ccc1OC(C)=O. The van der Waals surface area contributed by atoms with E-state index in [-0.39, 0.29) is 11.6 Å². The topological polar surface area (TPSA) is 138 Å². The van der Waals surface area contributed by atoms with Crippen LogP contribution in [-0.4, -0.2) is 39.9 Å². The third kappa shape index (κ3) is 6.00. The van der Waals surface area contributed by atoms with Crippen LogP contribution in [0.25, 0.3) is 0 Å². The van der Waals surface area contributed by atoms with E-state index >= 15 is 0 Å². The number of nitro groups is 1. The molecule has 3 rings (SSSR count). The van der Waals surface area contributed by atoms with Crippen molar-refractivity contribution in [3.8, 4) is 11.5 Å². The Bertz CT molecular complexity index is 1220. The van der Waals surface area contributed by atoms with Gasteiger partial charge in [-0.2, -0.15) is 9.78 Å².